The SMILES string of the molecule is CCOc1c(Br)cc(Br)cc1/C=C1/SC(=Nc2ccc(C)c(Cl)c2)N(c2ccc(C)c(Cl)c2)C1=O. The van der Waals surface area contributed by atoms with Gasteiger partial charge in [-0.1, -0.05) is 51.3 Å². The van der Waals surface area contributed by atoms with Crippen molar-refractivity contribution in [1.82, 2.24) is 0 Å². The average Bonchev–Trinajstić information content (AvgIpc) is 3.09. The number of amides is 1. The van der Waals surface area contributed by atoms with Gasteiger partial charge in [-0.05, 0) is 102 Å². The minimum atomic E-state index is -0.203. The molecule has 1 aliphatic rings. The predicted octanol–water partition coefficient (Wildman–Crippen LogP) is 9.34. The summed E-state index contributed by atoms with van der Waals surface area (Å²) >= 11 is 21.1. The van der Waals surface area contributed by atoms with Crippen LogP contribution >= 0.6 is 66.8 Å². The van der Waals surface area contributed by atoms with Crippen LogP contribution in [-0.4, -0.2) is 17.7 Å². The normalized spacial score (nSPS) is 16.0. The monoisotopic (exact) mass is 652 g/mol. The fourth-order valence-electron chi connectivity index (χ4n) is 3.38. The molecule has 0 aliphatic carbocycles. The molecular formula is C26H20Br2Cl2N2O2S. The number of carbonyl (C=O) groups excluding carboxylic acids is 1. The summed E-state index contributed by atoms with van der Waals surface area (Å²) in [6, 6.07) is 14.9. The molecule has 0 unspecified atom stereocenters. The molecule has 0 atom stereocenters. The van der Waals surface area contributed by atoms with Crippen molar-refractivity contribution < 1.29 is 9.53 Å². The van der Waals surface area contributed by atoms with Crippen LogP contribution in [0.2, 0.25) is 10.0 Å². The Kier molecular flexibility index (Phi) is 8.34. The van der Waals surface area contributed by atoms with Gasteiger partial charge in [0.05, 0.1) is 27.4 Å². The zero-order chi connectivity index (χ0) is 25.3. The van der Waals surface area contributed by atoms with Gasteiger partial charge in [-0.2, -0.15) is 0 Å². The highest BCUT2D eigenvalue weighted by atomic mass is 79.9. The third kappa shape index (κ3) is 5.81. The van der Waals surface area contributed by atoms with E-state index in [0.29, 0.717) is 43.8 Å². The fraction of sp³-hybridized carbons (Fsp3) is 0.154. The van der Waals surface area contributed by atoms with Crippen LogP contribution in [0.4, 0.5) is 11.4 Å². The van der Waals surface area contributed by atoms with Crippen LogP contribution in [0.5, 0.6) is 5.75 Å². The Morgan fingerprint density at radius 3 is 2.37 bits per heavy atom. The first-order valence-corrected chi connectivity index (χ1v) is 13.8. The van der Waals surface area contributed by atoms with Crippen LogP contribution in [0.25, 0.3) is 6.08 Å². The number of halogens is 4. The lowest BCUT2D eigenvalue weighted by molar-refractivity contribution is -0.113. The molecule has 1 aliphatic heterocycles. The Morgan fingerprint density at radius 1 is 1.03 bits per heavy atom. The van der Waals surface area contributed by atoms with Crippen molar-refractivity contribution in [2.24, 2.45) is 4.99 Å². The number of rotatable bonds is 5. The van der Waals surface area contributed by atoms with E-state index in [-0.39, 0.29) is 5.91 Å². The van der Waals surface area contributed by atoms with Gasteiger partial charge in [0.1, 0.15) is 5.75 Å². The molecule has 35 heavy (non-hydrogen) atoms. The van der Waals surface area contributed by atoms with Crippen LogP contribution < -0.4 is 9.64 Å². The summed E-state index contributed by atoms with van der Waals surface area (Å²) in [5.41, 5.74) is 3.94. The molecule has 1 fully saturated rings. The van der Waals surface area contributed by atoms with E-state index >= 15 is 0 Å². The van der Waals surface area contributed by atoms with Crippen LogP contribution in [0.1, 0.15) is 23.6 Å². The highest BCUT2D eigenvalue weighted by molar-refractivity contribution is 9.11. The smallest absolute Gasteiger partial charge is 0.271 e. The first-order valence-electron chi connectivity index (χ1n) is 10.6. The minimum absolute atomic E-state index is 0.203. The van der Waals surface area contributed by atoms with E-state index in [1.807, 2.05) is 63.2 Å². The summed E-state index contributed by atoms with van der Waals surface area (Å²) in [4.78, 5) is 20.5. The van der Waals surface area contributed by atoms with Crippen molar-refractivity contribution in [2.45, 2.75) is 20.8 Å². The second-order valence-electron chi connectivity index (χ2n) is 7.75. The van der Waals surface area contributed by atoms with Crippen LogP contribution in [0.3, 0.4) is 0 Å². The first-order chi connectivity index (χ1) is 16.7. The number of thioether (sulfide) groups is 1. The first kappa shape index (κ1) is 26.3. The molecule has 1 amide bonds. The summed E-state index contributed by atoms with van der Waals surface area (Å²) < 4.78 is 7.50. The van der Waals surface area contributed by atoms with Crippen molar-refractivity contribution in [3.05, 3.63) is 89.1 Å². The molecule has 0 N–H and O–H groups in total. The van der Waals surface area contributed by atoms with Gasteiger partial charge in [-0.15, -0.1) is 0 Å². The van der Waals surface area contributed by atoms with Gasteiger partial charge in [0.15, 0.2) is 5.17 Å². The Morgan fingerprint density at radius 2 is 1.71 bits per heavy atom. The largest absolute Gasteiger partial charge is 0.492 e. The Bertz CT molecular complexity index is 1390. The van der Waals surface area contributed by atoms with Gasteiger partial charge in [0.2, 0.25) is 0 Å². The lowest BCUT2D eigenvalue weighted by atomic mass is 10.1. The maximum absolute atomic E-state index is 13.7. The van der Waals surface area contributed by atoms with Crippen molar-refractivity contribution in [2.75, 3.05) is 11.5 Å². The molecule has 180 valence electrons. The third-order valence-electron chi connectivity index (χ3n) is 5.21. The molecule has 0 spiro atoms. The summed E-state index contributed by atoms with van der Waals surface area (Å²) in [5.74, 6) is 0.461. The number of carbonyl (C=O) groups is 1. The molecule has 4 nitrogen and oxygen atoms in total. The third-order valence-corrected chi connectivity index (χ3v) is 8.04. The maximum atomic E-state index is 13.7. The Hall–Kier alpha value is -1.77. The number of aryl methyl sites for hydroxylation is 2. The van der Waals surface area contributed by atoms with E-state index in [9.17, 15) is 4.79 Å². The molecule has 0 bridgehead atoms. The Labute approximate surface area is 235 Å². The molecule has 4 rings (SSSR count). The van der Waals surface area contributed by atoms with Gasteiger partial charge in [0.25, 0.3) is 5.91 Å². The highest BCUT2D eigenvalue weighted by Crippen LogP contribution is 2.41. The van der Waals surface area contributed by atoms with Gasteiger partial charge in [-0.25, -0.2) is 4.99 Å². The number of hydrogen-bond donors (Lipinski definition) is 0. The topological polar surface area (TPSA) is 41.9 Å². The Balaban J connectivity index is 1.85. The second kappa shape index (κ2) is 11.1. The standard InChI is InChI=1S/C26H20Br2Cl2N2O2S/c1-4-34-24-16(9-17(27)11-20(24)28)10-23-25(33)32(19-8-6-15(3)22(30)13-19)26(35-23)31-18-7-5-14(2)21(29)12-18/h5-13H,4H2,1-3H3/b23-10+,31-26?. The number of nitrogens with zero attached hydrogens (tertiary/aromatic N) is 2. The van der Waals surface area contributed by atoms with E-state index in [1.165, 1.54) is 11.8 Å². The molecule has 3 aromatic carbocycles. The van der Waals surface area contributed by atoms with Gasteiger partial charge < -0.3 is 4.74 Å². The summed E-state index contributed by atoms with van der Waals surface area (Å²) in [6.07, 6.45) is 1.82. The van der Waals surface area contributed by atoms with Gasteiger partial charge in [0, 0.05) is 20.1 Å². The quantitative estimate of drug-likeness (QED) is 0.258. The van der Waals surface area contributed by atoms with Crippen molar-refractivity contribution in [1.29, 1.82) is 0 Å². The number of anilines is 1. The molecule has 3 aromatic rings. The number of ether oxygens (including phenoxy) is 1. The number of hydrogen-bond acceptors (Lipinski definition) is 4. The highest BCUT2D eigenvalue weighted by Gasteiger charge is 2.35. The van der Waals surface area contributed by atoms with E-state index in [1.54, 1.807) is 17.0 Å². The maximum Gasteiger partial charge on any atom is 0.271 e. The van der Waals surface area contributed by atoms with Gasteiger partial charge >= 0.3 is 0 Å². The number of aliphatic imine (C=N–C) groups is 1. The molecule has 1 heterocycles. The zero-order valence-electron chi connectivity index (χ0n) is 19.0. The van der Waals surface area contributed by atoms with E-state index < -0.39 is 0 Å². The molecule has 1 saturated heterocycles. The number of benzene rings is 3. The molecule has 0 radical (unpaired) electrons. The molecular weight excluding hydrogens is 635 g/mol. The predicted molar refractivity (Wildman–Crippen MR) is 156 cm³/mol. The molecule has 0 saturated carbocycles. The average molecular weight is 655 g/mol. The van der Waals surface area contributed by atoms with E-state index in [0.717, 1.165) is 25.6 Å². The molecule has 9 heteroatoms. The van der Waals surface area contributed by atoms with Crippen molar-refractivity contribution in [3.8, 4) is 5.75 Å². The fourth-order valence-corrected chi connectivity index (χ4v) is 6.10. The van der Waals surface area contributed by atoms with Crippen molar-refractivity contribution in [3.63, 3.8) is 0 Å². The molecule has 0 aromatic heterocycles. The van der Waals surface area contributed by atoms with Crippen LogP contribution in [-0.2, 0) is 4.79 Å². The lowest BCUT2D eigenvalue weighted by Crippen LogP contribution is -2.28. The lowest BCUT2D eigenvalue weighted by Gasteiger charge is -2.17. The number of amidine groups is 1. The summed E-state index contributed by atoms with van der Waals surface area (Å²) in [7, 11) is 0. The second-order valence-corrected chi connectivity index (χ2v) is 11.3. The van der Waals surface area contributed by atoms with E-state index in [4.69, 9.17) is 32.9 Å². The minimum Gasteiger partial charge on any atom is -0.492 e. The summed E-state index contributed by atoms with van der Waals surface area (Å²) in [6.45, 7) is 6.26. The van der Waals surface area contributed by atoms with Crippen LogP contribution in [0, 0.1) is 13.8 Å². The zero-order valence-corrected chi connectivity index (χ0v) is 24.5. The summed E-state index contributed by atoms with van der Waals surface area (Å²) in [5, 5.41) is 1.69. The van der Waals surface area contributed by atoms with Gasteiger partial charge in [-0.3, -0.25) is 9.69 Å². The van der Waals surface area contributed by atoms with Crippen LogP contribution in [0.15, 0.2) is 67.4 Å². The van der Waals surface area contributed by atoms with E-state index in [2.05, 4.69) is 31.9 Å². The van der Waals surface area contributed by atoms with Crippen molar-refractivity contribution >= 4 is 95.3 Å².